The second-order valence-electron chi connectivity index (χ2n) is 31.6. The number of rotatable bonds is 24. The predicted octanol–water partition coefficient (Wildman–Crippen LogP) is 4.60. The van der Waals surface area contributed by atoms with Crippen LogP contribution in [0.25, 0.3) is 0 Å². The first kappa shape index (κ1) is 91.9. The Bertz CT molecular complexity index is 2630. The van der Waals surface area contributed by atoms with Gasteiger partial charge in [0, 0.05) is 52.7 Å². The Kier molecular flexibility index (Phi) is 37.2. The lowest BCUT2D eigenvalue weighted by Crippen LogP contribution is -2.66. The minimum Gasteiger partial charge on any atom is -0.462 e. The largest absolute Gasteiger partial charge is 0.462 e. The molecular weight excluding hydrogens is 1390 g/mol. The van der Waals surface area contributed by atoms with Crippen LogP contribution in [0.2, 0.25) is 0 Å². The molecule has 6 rings (SSSR count). The fourth-order valence-corrected chi connectivity index (χ4v) is 15.9. The molecule has 0 amide bonds. The molecule has 0 aliphatic carbocycles. The van der Waals surface area contributed by atoms with E-state index in [2.05, 4.69) is 5.32 Å². The van der Waals surface area contributed by atoms with Gasteiger partial charge in [0.2, 0.25) is 0 Å². The van der Waals surface area contributed by atoms with Crippen LogP contribution in [-0.2, 0) is 85.5 Å². The number of nitrogens with zero attached hydrogens (tertiary/aromatic N) is 2. The molecule has 6 aliphatic rings. The molecule has 4 saturated heterocycles. The summed E-state index contributed by atoms with van der Waals surface area (Å²) >= 11 is 0. The first-order valence-corrected chi connectivity index (χ1v) is 38.8. The van der Waals surface area contributed by atoms with Crippen LogP contribution in [0.3, 0.4) is 0 Å². The van der Waals surface area contributed by atoms with E-state index in [0.29, 0.717) is 25.7 Å². The molecule has 4 fully saturated rings. The highest BCUT2D eigenvalue weighted by molar-refractivity contribution is 5.71. The summed E-state index contributed by atoms with van der Waals surface area (Å²) in [5, 5.41) is 101. The number of hydrogen-bond acceptors (Lipinski definition) is 29. The number of nitrogens with one attached hydrogen (secondary N) is 1. The van der Waals surface area contributed by atoms with Crippen molar-refractivity contribution in [3.05, 3.63) is 48.6 Å². The van der Waals surface area contributed by atoms with E-state index in [9.17, 15) is 60.0 Å². The molecule has 32 atom stereocenters. The van der Waals surface area contributed by atoms with Crippen LogP contribution in [0.4, 0.5) is 0 Å². The molecule has 0 aromatic heterocycles. The van der Waals surface area contributed by atoms with Gasteiger partial charge in [0.15, 0.2) is 37.4 Å². The maximum absolute atomic E-state index is 13.7. The molecule has 9 N–H and O–H groups in total. The van der Waals surface area contributed by atoms with Crippen LogP contribution in [0.15, 0.2) is 48.6 Å². The van der Waals surface area contributed by atoms with Gasteiger partial charge in [-0.15, -0.1) is 0 Å². The quantitative estimate of drug-likeness (QED) is 0.0362. The van der Waals surface area contributed by atoms with Gasteiger partial charge in [-0.05, 0) is 159 Å². The molecule has 6 aliphatic heterocycles. The van der Waals surface area contributed by atoms with Gasteiger partial charge in [0.05, 0.1) is 86.0 Å². The summed E-state index contributed by atoms with van der Waals surface area (Å²) in [6.07, 6.45) is -10.3. The molecule has 29 heteroatoms. The minimum absolute atomic E-state index is 0.0917. The molecule has 0 aromatic rings. The van der Waals surface area contributed by atoms with Crippen molar-refractivity contribution in [2.75, 3.05) is 55.5 Å². The molecule has 0 bridgehead atoms. The average Bonchev–Trinajstić information content (AvgIpc) is 0.776. The van der Waals surface area contributed by atoms with Gasteiger partial charge in [0.1, 0.15) is 60.0 Å². The molecule has 29 nitrogen and oxygen atoms in total. The lowest BCUT2D eigenvalue weighted by molar-refractivity contribution is -0.344. The zero-order valence-corrected chi connectivity index (χ0v) is 66.6. The van der Waals surface area contributed by atoms with E-state index >= 15 is 0 Å². The highest BCUT2D eigenvalue weighted by atomic mass is 16.8. The van der Waals surface area contributed by atoms with Gasteiger partial charge >= 0.3 is 23.9 Å². The van der Waals surface area contributed by atoms with Crippen molar-refractivity contribution in [2.24, 2.45) is 23.7 Å². The number of carbonyl (C=O) groups excluding carboxylic acids is 4. The molecule has 0 radical (unpaired) electrons. The monoisotopic (exact) mass is 1530 g/mol. The molecule has 0 aromatic carbocycles. The summed E-state index contributed by atoms with van der Waals surface area (Å²) in [6, 6.07) is -1.72. The first-order valence-electron chi connectivity index (χ1n) is 38.8. The Morgan fingerprint density at radius 3 is 1.21 bits per heavy atom. The molecule has 107 heavy (non-hydrogen) atoms. The lowest BCUT2D eigenvalue weighted by atomic mass is 9.81. The van der Waals surface area contributed by atoms with E-state index in [-0.39, 0.29) is 64.5 Å². The number of ether oxygens (including phenoxy) is 14. The van der Waals surface area contributed by atoms with Crippen molar-refractivity contribution in [1.29, 1.82) is 0 Å². The Morgan fingerprint density at radius 2 is 0.888 bits per heavy atom. The number of allylic oxidation sites excluding steroid dienone is 4. The molecule has 0 saturated carbocycles. The maximum Gasteiger partial charge on any atom is 0.308 e. The minimum atomic E-state index is -1.56. The fourth-order valence-electron chi connectivity index (χ4n) is 15.9. The second-order valence-corrected chi connectivity index (χ2v) is 31.6. The van der Waals surface area contributed by atoms with Crippen molar-refractivity contribution < 1.29 is 126 Å². The van der Waals surface area contributed by atoms with E-state index in [1.54, 1.807) is 130 Å². The standard InChI is InChI=1S/C78H133N3O26/c1-19-27-57(86)102-73-49(9)98-61(41-77(73,11)92)104-67-47(7)100-75(65(90)63(67)80(13)14)106-69-51(37-43(3)53(82)31-25-21-23-29-45(5)96-59(88)39-55(84)71(69)94-17)33-35-79-36-34-52-38-44(4)54(83)32-26-22-24-30-46(6)97-60(89)40-56(85)72(95-18)70(52)107-76-66(91)64(81(15)16)68(48(8)101-76)105-62-42-78(12,93)74(50(10)99-62)103-58(87)28-20-2/h21-26,31-32,43-56,61-76,79,82-85,90-93H,19-20,27-30,33-42H2,1-18H3/b23-21+,24-22+,31-25+,32-26+/t43-,44+,45-,46+,47?,48?,49?,50?,51+,52-,53+,54-,55-,56+,61?,62?,63?,64?,65?,66?,67?,68?,69+,70-,71+,72-,73?,74?,75?,76?,77?,78?. The van der Waals surface area contributed by atoms with Crippen molar-refractivity contribution >= 4 is 23.9 Å². The molecule has 616 valence electrons. The highest BCUT2D eigenvalue weighted by Gasteiger charge is 2.56. The molecule has 18 unspecified atom stereocenters. The van der Waals surface area contributed by atoms with Crippen LogP contribution in [0.5, 0.6) is 0 Å². The summed E-state index contributed by atoms with van der Waals surface area (Å²) in [5.41, 5.74) is -3.12. The number of likely N-dealkylation sites (N-methyl/N-ethyl adjacent to an activating group) is 2. The third-order valence-electron chi connectivity index (χ3n) is 21.6. The van der Waals surface area contributed by atoms with Crippen LogP contribution < -0.4 is 5.32 Å². The second kappa shape index (κ2) is 43.3. The van der Waals surface area contributed by atoms with Gasteiger partial charge in [-0.2, -0.15) is 0 Å². The van der Waals surface area contributed by atoms with Gasteiger partial charge in [-0.1, -0.05) is 76.3 Å². The van der Waals surface area contributed by atoms with Gasteiger partial charge in [0.25, 0.3) is 0 Å². The summed E-state index contributed by atoms with van der Waals surface area (Å²) < 4.78 is 88.5. The van der Waals surface area contributed by atoms with Crippen molar-refractivity contribution in [3.8, 4) is 0 Å². The number of methoxy groups -OCH3 is 2. The lowest BCUT2D eigenvalue weighted by Gasteiger charge is -2.50. The van der Waals surface area contributed by atoms with E-state index in [1.165, 1.54) is 14.2 Å². The van der Waals surface area contributed by atoms with Gasteiger partial charge in [-0.25, -0.2) is 0 Å². The summed E-state index contributed by atoms with van der Waals surface area (Å²) in [4.78, 5) is 56.2. The highest BCUT2D eigenvalue weighted by Crippen LogP contribution is 2.41. The normalized spacial score (nSPS) is 43.4. The predicted molar refractivity (Wildman–Crippen MR) is 392 cm³/mol. The fraction of sp³-hybridized carbons (Fsp3) is 0.846. The molecule has 6 heterocycles. The number of hydrogen-bond donors (Lipinski definition) is 9. The zero-order chi connectivity index (χ0) is 79.4. The van der Waals surface area contributed by atoms with E-state index in [1.807, 2.05) is 39.8 Å². The van der Waals surface area contributed by atoms with Gasteiger partial charge in [-0.3, -0.25) is 19.2 Å². The Labute approximate surface area is 634 Å². The van der Waals surface area contributed by atoms with E-state index in [4.69, 9.17) is 66.3 Å². The first-order chi connectivity index (χ1) is 50.4. The smallest absolute Gasteiger partial charge is 0.308 e. The molecule has 0 spiro atoms. The van der Waals surface area contributed by atoms with Crippen LogP contribution in [0, 0.1) is 23.7 Å². The van der Waals surface area contributed by atoms with E-state index in [0.717, 1.165) is 0 Å². The zero-order valence-electron chi connectivity index (χ0n) is 66.6. The Morgan fingerprint density at radius 1 is 0.523 bits per heavy atom. The SMILES string of the molecule is CCCC(=O)OC1C(C)OC(OC2C(C)OC(O[C@@H]3[C@H](CCNCC[C@H]4C[C@@H](C)[C@@H](O)/C=C/C=C/C[C@@H](C)OC(=O)C[C@@H](O)[C@H](OC)[C@H]4OC4OC(C)C(OC5CC(C)(O)C(OC(=O)CCC)C(C)O5)C(N(C)C)C4O)C[C@H](C)[C@H](O)/C=C/C=C/C[C@H](C)OC(=O)C[C@H](O)[C@H]3OC)C(O)C2N(C)C)CC1(C)O. The summed E-state index contributed by atoms with van der Waals surface area (Å²) in [7, 11) is 9.77. The summed E-state index contributed by atoms with van der Waals surface area (Å²) in [5.74, 6) is -4.63. The van der Waals surface area contributed by atoms with Crippen LogP contribution >= 0.6 is 0 Å². The molecular formula is C78H133N3O26. The van der Waals surface area contributed by atoms with Crippen LogP contribution in [-0.4, -0.2) is 301 Å². The van der Waals surface area contributed by atoms with Gasteiger partial charge < -0.3 is 122 Å². The van der Waals surface area contributed by atoms with Crippen LogP contribution in [0.1, 0.15) is 173 Å². The average molecular weight is 1530 g/mol. The van der Waals surface area contributed by atoms with Crippen molar-refractivity contribution in [2.45, 2.75) is 344 Å². The Balaban J connectivity index is 1.34. The Hall–Kier alpha value is -4.00. The number of carbonyl (C=O) groups is 4. The number of aliphatic hydroxyl groups excluding tert-OH is 6. The maximum atomic E-state index is 13.7. The van der Waals surface area contributed by atoms with Crippen molar-refractivity contribution in [1.82, 2.24) is 15.1 Å². The third kappa shape index (κ3) is 26.6. The topological polar surface area (TPSA) is 378 Å². The number of esters is 4. The third-order valence-corrected chi connectivity index (χ3v) is 21.6. The van der Waals surface area contributed by atoms with Crippen molar-refractivity contribution in [3.63, 3.8) is 0 Å². The van der Waals surface area contributed by atoms with E-state index < -0.39 is 231 Å². The number of aliphatic hydroxyl groups is 8. The summed E-state index contributed by atoms with van der Waals surface area (Å²) in [6.45, 7) is 21.3. The number of cyclic esters (lactones) is 2.